The number of fused-ring (bicyclic) bond motifs is 3. The Morgan fingerprint density at radius 1 is 1.20 bits per heavy atom. The van der Waals surface area contributed by atoms with Crippen LogP contribution in [0.5, 0.6) is 0 Å². The van der Waals surface area contributed by atoms with Gasteiger partial charge in [0.05, 0.1) is 12.9 Å². The third-order valence-corrected chi connectivity index (χ3v) is 6.60. The number of imidazole rings is 1. The van der Waals surface area contributed by atoms with Gasteiger partial charge < -0.3 is 30.7 Å². The Morgan fingerprint density at radius 3 is 2.80 bits per heavy atom. The molecule has 0 radical (unpaired) electrons. The molecule has 2 bridgehead atoms. The molecule has 1 amide bonds. The van der Waals surface area contributed by atoms with Crippen LogP contribution in [0, 0.1) is 11.8 Å². The Labute approximate surface area is 172 Å². The summed E-state index contributed by atoms with van der Waals surface area (Å²) in [5.74, 6) is 1.49. The van der Waals surface area contributed by atoms with Gasteiger partial charge in [-0.25, -0.2) is 15.0 Å². The number of ether oxygens (including phenoxy) is 1. The van der Waals surface area contributed by atoms with Gasteiger partial charge >= 0.3 is 0 Å². The summed E-state index contributed by atoms with van der Waals surface area (Å²) in [7, 11) is 0. The van der Waals surface area contributed by atoms with Crippen molar-refractivity contribution >= 4 is 22.9 Å². The van der Waals surface area contributed by atoms with Gasteiger partial charge in [-0.15, -0.1) is 0 Å². The smallest absolute Gasteiger partial charge is 0.252 e. The van der Waals surface area contributed by atoms with E-state index in [1.807, 2.05) is 0 Å². The van der Waals surface area contributed by atoms with E-state index in [0.29, 0.717) is 28.9 Å². The van der Waals surface area contributed by atoms with Gasteiger partial charge in [-0.3, -0.25) is 9.36 Å². The first-order valence-corrected chi connectivity index (χ1v) is 10.4. The van der Waals surface area contributed by atoms with Crippen molar-refractivity contribution in [1.82, 2.24) is 24.8 Å². The summed E-state index contributed by atoms with van der Waals surface area (Å²) in [6.07, 6.45) is 2.80. The quantitative estimate of drug-likeness (QED) is 0.404. The number of carbonyl (C=O) groups is 1. The second-order valence-corrected chi connectivity index (χ2v) is 8.42. The predicted octanol–water partition coefficient (Wildman–Crippen LogP) is -0.845. The van der Waals surface area contributed by atoms with Crippen LogP contribution >= 0.6 is 0 Å². The molecular weight excluding hydrogens is 392 g/mol. The normalized spacial score (nSPS) is 35.2. The van der Waals surface area contributed by atoms with Gasteiger partial charge in [0.15, 0.2) is 29.3 Å². The Balaban J connectivity index is 1.38. The molecule has 2 aromatic rings. The van der Waals surface area contributed by atoms with Gasteiger partial charge in [-0.05, 0) is 31.1 Å². The summed E-state index contributed by atoms with van der Waals surface area (Å²) < 4.78 is 7.17. The highest BCUT2D eigenvalue weighted by atomic mass is 16.6. The molecule has 0 aromatic carbocycles. The van der Waals surface area contributed by atoms with E-state index in [1.54, 1.807) is 0 Å². The van der Waals surface area contributed by atoms with Crippen LogP contribution in [0.2, 0.25) is 0 Å². The molecule has 3 fully saturated rings. The maximum absolute atomic E-state index is 12.2. The highest BCUT2D eigenvalue weighted by Gasteiger charge is 2.48. The van der Waals surface area contributed by atoms with Crippen LogP contribution in [0.25, 0.3) is 11.2 Å². The van der Waals surface area contributed by atoms with E-state index in [1.165, 1.54) is 36.5 Å². The average Bonchev–Trinajstić information content (AvgIpc) is 3.52. The molecule has 30 heavy (non-hydrogen) atoms. The highest BCUT2D eigenvalue weighted by Crippen LogP contribution is 2.45. The van der Waals surface area contributed by atoms with Crippen molar-refractivity contribution in [2.75, 3.05) is 18.5 Å². The number of aliphatic hydroxyl groups is 3. The highest BCUT2D eigenvalue weighted by molar-refractivity contribution is 5.83. The molecule has 3 heterocycles. The van der Waals surface area contributed by atoms with Crippen LogP contribution in [0.4, 0.5) is 5.82 Å². The van der Waals surface area contributed by atoms with Crippen molar-refractivity contribution in [2.24, 2.45) is 11.8 Å². The van der Waals surface area contributed by atoms with Gasteiger partial charge in [0.1, 0.15) is 18.5 Å². The zero-order valence-electron chi connectivity index (χ0n) is 16.4. The molecule has 3 aliphatic rings. The Morgan fingerprint density at radius 2 is 2.07 bits per heavy atom. The Kier molecular flexibility index (Phi) is 5.05. The van der Waals surface area contributed by atoms with Crippen LogP contribution in [-0.4, -0.2) is 78.3 Å². The number of nitrogens with zero attached hydrogens (tertiary/aromatic N) is 4. The van der Waals surface area contributed by atoms with Gasteiger partial charge in [-0.1, -0.05) is 6.42 Å². The van der Waals surface area contributed by atoms with Crippen molar-refractivity contribution in [1.29, 1.82) is 0 Å². The monoisotopic (exact) mass is 418 g/mol. The lowest BCUT2D eigenvalue weighted by atomic mass is 9.95. The molecule has 1 saturated heterocycles. The van der Waals surface area contributed by atoms with E-state index in [2.05, 4.69) is 25.6 Å². The van der Waals surface area contributed by atoms with Gasteiger partial charge in [0.25, 0.3) is 5.91 Å². The molecule has 11 heteroatoms. The van der Waals surface area contributed by atoms with E-state index in [-0.39, 0.29) is 13.2 Å². The summed E-state index contributed by atoms with van der Waals surface area (Å²) >= 11 is 0. The molecule has 11 nitrogen and oxygen atoms in total. The molecule has 1 aliphatic heterocycles. The van der Waals surface area contributed by atoms with E-state index < -0.39 is 30.4 Å². The number of hydrogen-bond donors (Lipinski definition) is 5. The fraction of sp³-hybridized carbons (Fsp3) is 0.684. The van der Waals surface area contributed by atoms with E-state index in [4.69, 9.17) is 9.84 Å². The summed E-state index contributed by atoms with van der Waals surface area (Å²) in [6.45, 7) is -0.201. The van der Waals surface area contributed by atoms with Gasteiger partial charge in [0, 0.05) is 12.6 Å². The maximum Gasteiger partial charge on any atom is 0.252 e. The molecule has 3 unspecified atom stereocenters. The van der Waals surface area contributed by atoms with Gasteiger partial charge in [-0.2, -0.15) is 0 Å². The SMILES string of the molecule is O=C(NCCO)[C@H]1O[C@@H](n2cnc3c(NC4CC5CCC4C5)ncnc32)[C@H](O)[C@@H]1O. The molecule has 162 valence electrons. The number of carbonyl (C=O) groups excluding carboxylic acids is 1. The molecule has 7 atom stereocenters. The summed E-state index contributed by atoms with van der Waals surface area (Å²) in [5.41, 5.74) is 1.00. The minimum absolute atomic E-state index is 0.0332. The zero-order valence-corrected chi connectivity index (χ0v) is 16.4. The number of anilines is 1. The molecule has 2 aliphatic carbocycles. The largest absolute Gasteiger partial charge is 0.395 e. The first-order valence-electron chi connectivity index (χ1n) is 10.4. The number of amides is 1. The van der Waals surface area contributed by atoms with Crippen molar-refractivity contribution in [2.45, 2.75) is 56.3 Å². The number of aliphatic hydroxyl groups excluding tert-OH is 3. The minimum atomic E-state index is -1.42. The summed E-state index contributed by atoms with van der Waals surface area (Å²) in [6, 6.07) is 0.377. The number of aromatic nitrogens is 4. The molecule has 2 aromatic heterocycles. The minimum Gasteiger partial charge on any atom is -0.395 e. The second-order valence-electron chi connectivity index (χ2n) is 8.42. The van der Waals surface area contributed by atoms with Crippen molar-refractivity contribution in [3.63, 3.8) is 0 Å². The van der Waals surface area contributed by atoms with E-state index in [0.717, 1.165) is 12.3 Å². The molecular formula is C19H26N6O5. The van der Waals surface area contributed by atoms with Crippen LogP contribution < -0.4 is 10.6 Å². The maximum atomic E-state index is 12.2. The lowest BCUT2D eigenvalue weighted by Crippen LogP contribution is -2.43. The fourth-order valence-electron chi connectivity index (χ4n) is 5.13. The third-order valence-electron chi connectivity index (χ3n) is 6.60. The topological polar surface area (TPSA) is 155 Å². The standard InChI is InChI=1S/C19H26N6O5/c26-4-3-20-18(29)15-13(27)14(28)19(30-15)25-8-23-12-16(21-7-22-17(12)25)24-11-6-9-1-2-10(11)5-9/h7-11,13-15,19,26-28H,1-6H2,(H,20,29)(H,21,22,24)/t9?,10?,11?,13-,14+,15-,19+/m0/s1. The van der Waals surface area contributed by atoms with Crippen molar-refractivity contribution in [3.05, 3.63) is 12.7 Å². The Hall–Kier alpha value is -2.34. The zero-order chi connectivity index (χ0) is 20.8. The van der Waals surface area contributed by atoms with Crippen molar-refractivity contribution in [3.8, 4) is 0 Å². The van der Waals surface area contributed by atoms with Crippen molar-refractivity contribution < 1.29 is 24.9 Å². The van der Waals surface area contributed by atoms with Crippen LogP contribution in [0.3, 0.4) is 0 Å². The van der Waals surface area contributed by atoms with Crippen LogP contribution in [0.1, 0.15) is 31.9 Å². The fourth-order valence-corrected chi connectivity index (χ4v) is 5.13. The van der Waals surface area contributed by atoms with Crippen LogP contribution in [-0.2, 0) is 9.53 Å². The predicted molar refractivity (Wildman–Crippen MR) is 104 cm³/mol. The first-order chi connectivity index (χ1) is 14.6. The molecule has 2 saturated carbocycles. The summed E-state index contributed by atoms with van der Waals surface area (Å²) in [4.78, 5) is 25.2. The van der Waals surface area contributed by atoms with E-state index >= 15 is 0 Å². The number of rotatable bonds is 6. The lowest BCUT2D eigenvalue weighted by Gasteiger charge is -2.23. The van der Waals surface area contributed by atoms with Gasteiger partial charge in [0.2, 0.25) is 0 Å². The van der Waals surface area contributed by atoms with E-state index in [9.17, 15) is 15.0 Å². The number of hydrogen-bond acceptors (Lipinski definition) is 9. The first kappa shape index (κ1) is 19.6. The average molecular weight is 418 g/mol. The lowest BCUT2D eigenvalue weighted by molar-refractivity contribution is -0.137. The Bertz CT molecular complexity index is 937. The second kappa shape index (κ2) is 7.73. The third kappa shape index (κ3) is 3.22. The van der Waals surface area contributed by atoms with Crippen LogP contribution in [0.15, 0.2) is 12.7 Å². The molecule has 5 rings (SSSR count). The summed E-state index contributed by atoms with van der Waals surface area (Å²) in [5, 5.41) is 35.6. The number of nitrogens with one attached hydrogen (secondary N) is 2. The molecule has 0 spiro atoms. The molecule has 5 N–H and O–H groups in total.